The lowest BCUT2D eigenvalue weighted by Gasteiger charge is -2.17. The molecule has 2 aromatic rings. The Balaban J connectivity index is 1.77. The summed E-state index contributed by atoms with van der Waals surface area (Å²) in [5.41, 5.74) is 1.39. The minimum atomic E-state index is -0.840. The molecular weight excluding hydrogens is 352 g/mol. The third-order valence-corrected chi connectivity index (χ3v) is 4.45. The summed E-state index contributed by atoms with van der Waals surface area (Å²) in [6.07, 6.45) is 2.13. The number of nitrogens with zero attached hydrogens (tertiary/aromatic N) is 1. The number of ether oxygens (including phenoxy) is 1. The molecule has 0 aliphatic carbocycles. The van der Waals surface area contributed by atoms with Crippen LogP contribution >= 0.6 is 0 Å². The Morgan fingerprint density at radius 3 is 2.81 bits per heavy atom. The highest BCUT2D eigenvalue weighted by molar-refractivity contribution is 6.12. The van der Waals surface area contributed by atoms with E-state index in [1.54, 1.807) is 25.3 Å². The molecule has 7 heteroatoms. The van der Waals surface area contributed by atoms with Crippen molar-refractivity contribution >= 4 is 29.2 Å². The zero-order chi connectivity index (χ0) is 19.4. The summed E-state index contributed by atoms with van der Waals surface area (Å²) in [4.78, 5) is 16.2. The number of amides is 1. The standard InChI is InChI=1S/C20H21F2N3O2/c1-3-12(11-27-2)24-17-8-7-13(9-16(17)22)23-10-14-19-15(21)5-4-6-18(19)25-20(14)26/h4-10,12,14,24H,3,11H2,1-2H3,(H,25,26). The molecule has 1 amide bonds. The average molecular weight is 373 g/mol. The maximum atomic E-state index is 14.4. The van der Waals surface area contributed by atoms with Crippen LogP contribution in [-0.4, -0.2) is 31.9 Å². The van der Waals surface area contributed by atoms with Gasteiger partial charge in [0, 0.05) is 36.7 Å². The fourth-order valence-electron chi connectivity index (χ4n) is 2.99. The molecule has 5 nitrogen and oxygen atoms in total. The van der Waals surface area contributed by atoms with E-state index in [4.69, 9.17) is 4.74 Å². The second-order valence-corrected chi connectivity index (χ2v) is 6.32. The van der Waals surface area contributed by atoms with E-state index >= 15 is 0 Å². The molecule has 0 fully saturated rings. The van der Waals surface area contributed by atoms with Gasteiger partial charge in [0.25, 0.3) is 0 Å². The van der Waals surface area contributed by atoms with Crippen LogP contribution in [0.25, 0.3) is 0 Å². The first-order valence-corrected chi connectivity index (χ1v) is 8.72. The van der Waals surface area contributed by atoms with E-state index in [1.165, 1.54) is 24.4 Å². The van der Waals surface area contributed by atoms with Crippen molar-refractivity contribution in [3.05, 3.63) is 53.6 Å². The van der Waals surface area contributed by atoms with Gasteiger partial charge in [0.1, 0.15) is 17.6 Å². The fraction of sp³-hybridized carbons (Fsp3) is 0.300. The number of rotatable bonds is 7. The molecule has 142 valence electrons. The lowest BCUT2D eigenvalue weighted by molar-refractivity contribution is -0.115. The lowest BCUT2D eigenvalue weighted by atomic mass is 10.0. The van der Waals surface area contributed by atoms with Gasteiger partial charge in [0.05, 0.1) is 18.0 Å². The second-order valence-electron chi connectivity index (χ2n) is 6.32. The van der Waals surface area contributed by atoms with Crippen molar-refractivity contribution in [3.8, 4) is 0 Å². The Kier molecular flexibility index (Phi) is 5.81. The SMILES string of the molecule is CCC(COC)Nc1ccc(N=CC2C(=O)Nc3cccc(F)c32)cc1F. The fourth-order valence-corrected chi connectivity index (χ4v) is 2.99. The number of hydrogen-bond acceptors (Lipinski definition) is 4. The average Bonchev–Trinajstić information content (AvgIpc) is 2.97. The van der Waals surface area contributed by atoms with Crippen LogP contribution in [0.15, 0.2) is 41.4 Å². The summed E-state index contributed by atoms with van der Waals surface area (Å²) in [6.45, 7) is 2.45. The first-order valence-electron chi connectivity index (χ1n) is 8.72. The van der Waals surface area contributed by atoms with Gasteiger partial charge in [0.15, 0.2) is 0 Å². The van der Waals surface area contributed by atoms with E-state index in [1.807, 2.05) is 6.92 Å². The van der Waals surface area contributed by atoms with Gasteiger partial charge in [-0.1, -0.05) is 13.0 Å². The molecule has 1 heterocycles. The van der Waals surface area contributed by atoms with Gasteiger partial charge in [-0.3, -0.25) is 9.79 Å². The van der Waals surface area contributed by atoms with Crippen LogP contribution < -0.4 is 10.6 Å². The number of anilines is 2. The van der Waals surface area contributed by atoms with Crippen molar-refractivity contribution in [2.45, 2.75) is 25.3 Å². The summed E-state index contributed by atoms with van der Waals surface area (Å²) < 4.78 is 33.5. The van der Waals surface area contributed by atoms with Crippen molar-refractivity contribution in [2.24, 2.45) is 4.99 Å². The summed E-state index contributed by atoms with van der Waals surface area (Å²) in [6, 6.07) is 8.95. The Bertz CT molecular complexity index is 870. The quantitative estimate of drug-likeness (QED) is 0.714. The normalized spacial score (nSPS) is 17.0. The van der Waals surface area contributed by atoms with E-state index in [-0.39, 0.29) is 17.5 Å². The zero-order valence-corrected chi connectivity index (χ0v) is 15.1. The molecule has 1 aliphatic rings. The summed E-state index contributed by atoms with van der Waals surface area (Å²) >= 11 is 0. The van der Waals surface area contributed by atoms with Crippen molar-refractivity contribution in [1.82, 2.24) is 0 Å². The number of carbonyl (C=O) groups is 1. The monoisotopic (exact) mass is 373 g/mol. The first kappa shape index (κ1) is 19.0. The van der Waals surface area contributed by atoms with Crippen molar-refractivity contribution < 1.29 is 18.3 Å². The van der Waals surface area contributed by atoms with Gasteiger partial charge in [-0.25, -0.2) is 8.78 Å². The van der Waals surface area contributed by atoms with Gasteiger partial charge in [-0.05, 0) is 30.7 Å². The van der Waals surface area contributed by atoms with E-state index in [0.29, 0.717) is 23.7 Å². The van der Waals surface area contributed by atoms with Gasteiger partial charge in [-0.2, -0.15) is 0 Å². The molecule has 1 aliphatic heterocycles. The van der Waals surface area contributed by atoms with E-state index < -0.39 is 17.6 Å². The highest BCUT2D eigenvalue weighted by Gasteiger charge is 2.31. The maximum Gasteiger partial charge on any atom is 0.237 e. The molecule has 2 atom stereocenters. The summed E-state index contributed by atoms with van der Waals surface area (Å²) in [7, 11) is 1.60. The first-order chi connectivity index (χ1) is 13.0. The number of benzene rings is 2. The number of nitrogens with one attached hydrogen (secondary N) is 2. The van der Waals surface area contributed by atoms with Gasteiger partial charge in [-0.15, -0.1) is 0 Å². The molecule has 27 heavy (non-hydrogen) atoms. The Labute approximate surface area is 156 Å². The molecule has 0 saturated carbocycles. The van der Waals surface area contributed by atoms with E-state index in [9.17, 15) is 13.6 Å². The number of methoxy groups -OCH3 is 1. The molecule has 0 bridgehead atoms. The van der Waals surface area contributed by atoms with Gasteiger partial charge >= 0.3 is 0 Å². The number of fused-ring (bicyclic) bond motifs is 1. The van der Waals surface area contributed by atoms with Crippen LogP contribution in [0.3, 0.4) is 0 Å². The Morgan fingerprint density at radius 1 is 1.30 bits per heavy atom. The van der Waals surface area contributed by atoms with Crippen LogP contribution in [-0.2, 0) is 9.53 Å². The number of halogens is 2. The third-order valence-electron chi connectivity index (χ3n) is 4.45. The molecule has 0 saturated heterocycles. The predicted octanol–water partition coefficient (Wildman–Crippen LogP) is 4.24. The second kappa shape index (κ2) is 8.26. The Morgan fingerprint density at radius 2 is 2.11 bits per heavy atom. The number of hydrogen-bond donors (Lipinski definition) is 2. The smallest absolute Gasteiger partial charge is 0.237 e. The lowest BCUT2D eigenvalue weighted by Crippen LogP contribution is -2.24. The minimum absolute atomic E-state index is 0.000475. The van der Waals surface area contributed by atoms with Crippen LogP contribution in [0.4, 0.5) is 25.8 Å². The van der Waals surface area contributed by atoms with Crippen molar-refractivity contribution in [2.75, 3.05) is 24.4 Å². The largest absolute Gasteiger partial charge is 0.383 e. The topological polar surface area (TPSA) is 62.7 Å². The van der Waals surface area contributed by atoms with Gasteiger partial charge in [0.2, 0.25) is 5.91 Å². The van der Waals surface area contributed by atoms with Crippen LogP contribution in [0.1, 0.15) is 24.8 Å². The summed E-state index contributed by atoms with van der Waals surface area (Å²) in [5.74, 6) is -2.13. The minimum Gasteiger partial charge on any atom is -0.383 e. The number of carbonyl (C=O) groups excluding carboxylic acids is 1. The van der Waals surface area contributed by atoms with Crippen LogP contribution in [0, 0.1) is 11.6 Å². The van der Waals surface area contributed by atoms with Crippen molar-refractivity contribution in [1.29, 1.82) is 0 Å². The summed E-state index contributed by atoms with van der Waals surface area (Å²) in [5, 5.41) is 5.70. The van der Waals surface area contributed by atoms with Crippen LogP contribution in [0.5, 0.6) is 0 Å². The van der Waals surface area contributed by atoms with Crippen molar-refractivity contribution in [3.63, 3.8) is 0 Å². The highest BCUT2D eigenvalue weighted by Crippen LogP contribution is 2.34. The van der Waals surface area contributed by atoms with Crippen LogP contribution in [0.2, 0.25) is 0 Å². The Hall–Kier alpha value is -2.80. The molecule has 2 aromatic carbocycles. The molecule has 0 radical (unpaired) electrons. The zero-order valence-electron chi connectivity index (χ0n) is 15.1. The molecule has 2 unspecified atom stereocenters. The van der Waals surface area contributed by atoms with E-state index in [0.717, 1.165) is 6.42 Å². The van der Waals surface area contributed by atoms with E-state index in [2.05, 4.69) is 15.6 Å². The number of aliphatic imine (C=N–C) groups is 1. The maximum absolute atomic E-state index is 14.4. The van der Waals surface area contributed by atoms with Gasteiger partial charge < -0.3 is 15.4 Å². The molecule has 2 N–H and O–H groups in total. The highest BCUT2D eigenvalue weighted by atomic mass is 19.1. The third kappa shape index (κ3) is 4.14. The predicted molar refractivity (Wildman–Crippen MR) is 102 cm³/mol. The molecule has 0 spiro atoms. The molecular formula is C20H21F2N3O2. The molecule has 0 aromatic heterocycles. The molecule has 3 rings (SSSR count).